The van der Waals surface area contributed by atoms with E-state index >= 15 is 0 Å². The molecule has 0 bridgehead atoms. The van der Waals surface area contributed by atoms with Crippen molar-refractivity contribution in [3.63, 3.8) is 0 Å². The second-order valence-electron chi connectivity index (χ2n) is 4.91. The minimum absolute atomic E-state index is 0.630. The molecule has 0 amide bonds. The molecular formula is C13H19NO3. The van der Waals surface area contributed by atoms with Crippen molar-refractivity contribution in [2.75, 3.05) is 0 Å². The van der Waals surface area contributed by atoms with Crippen molar-refractivity contribution >= 4 is 5.97 Å². The highest BCUT2D eigenvalue weighted by Crippen LogP contribution is 2.17. The summed E-state index contributed by atoms with van der Waals surface area (Å²) in [6.07, 6.45) is -1.35. The van der Waals surface area contributed by atoms with E-state index in [1.165, 1.54) is 0 Å². The van der Waals surface area contributed by atoms with Crippen LogP contribution in [0.5, 0.6) is 0 Å². The number of rotatable bonds is 3. The Labute approximate surface area is 101 Å². The fraction of sp³-hybridized carbons (Fsp3) is 0.462. The van der Waals surface area contributed by atoms with Crippen LogP contribution in [-0.4, -0.2) is 22.8 Å². The third-order valence-corrected chi connectivity index (χ3v) is 2.17. The van der Waals surface area contributed by atoms with Crippen molar-refractivity contribution < 1.29 is 14.6 Å². The quantitative estimate of drug-likeness (QED) is 0.779. The summed E-state index contributed by atoms with van der Waals surface area (Å²) in [5.74, 6) is -0.700. The van der Waals surface area contributed by atoms with Crippen molar-refractivity contribution in [3.8, 4) is 0 Å². The first-order chi connectivity index (χ1) is 7.81. The number of benzene rings is 1. The van der Waals surface area contributed by atoms with E-state index in [-0.39, 0.29) is 0 Å². The van der Waals surface area contributed by atoms with Crippen LogP contribution in [0.2, 0.25) is 0 Å². The highest BCUT2D eigenvalue weighted by atomic mass is 16.6. The zero-order valence-electron chi connectivity index (χ0n) is 10.4. The molecule has 4 nitrogen and oxygen atoms in total. The van der Waals surface area contributed by atoms with Gasteiger partial charge in [0.15, 0.2) is 6.10 Å². The average Bonchev–Trinajstić information content (AvgIpc) is 2.26. The maximum absolute atomic E-state index is 11.6. The minimum atomic E-state index is -1.35. The van der Waals surface area contributed by atoms with Crippen molar-refractivity contribution in [2.24, 2.45) is 5.73 Å². The number of nitrogens with two attached hydrogens (primary N) is 1. The molecule has 17 heavy (non-hydrogen) atoms. The molecule has 3 N–H and O–H groups in total. The molecule has 0 spiro atoms. The van der Waals surface area contributed by atoms with Gasteiger partial charge in [-0.25, -0.2) is 4.79 Å². The summed E-state index contributed by atoms with van der Waals surface area (Å²) in [6.45, 7) is 5.23. The molecular weight excluding hydrogens is 218 g/mol. The molecule has 0 aromatic heterocycles. The number of aliphatic hydroxyl groups excluding tert-OH is 1. The van der Waals surface area contributed by atoms with Gasteiger partial charge in [-0.1, -0.05) is 30.3 Å². The van der Waals surface area contributed by atoms with E-state index < -0.39 is 23.7 Å². The van der Waals surface area contributed by atoms with Gasteiger partial charge in [0.1, 0.15) is 5.60 Å². The Bertz CT molecular complexity index is 370. The molecule has 94 valence electrons. The first-order valence-electron chi connectivity index (χ1n) is 5.53. The number of ether oxygens (including phenoxy) is 1. The van der Waals surface area contributed by atoms with Gasteiger partial charge in [-0.15, -0.1) is 0 Å². The summed E-state index contributed by atoms with van der Waals surface area (Å²) >= 11 is 0. The molecule has 4 heteroatoms. The Morgan fingerprint density at radius 3 is 2.29 bits per heavy atom. The van der Waals surface area contributed by atoms with Crippen LogP contribution in [0.3, 0.4) is 0 Å². The summed E-state index contributed by atoms with van der Waals surface area (Å²) in [5, 5.41) is 9.80. The Kier molecular flexibility index (Phi) is 4.26. The van der Waals surface area contributed by atoms with Gasteiger partial charge in [-0.2, -0.15) is 0 Å². The van der Waals surface area contributed by atoms with Gasteiger partial charge in [0.05, 0.1) is 6.04 Å². The molecule has 1 rings (SSSR count). The largest absolute Gasteiger partial charge is 0.458 e. The van der Waals surface area contributed by atoms with E-state index in [9.17, 15) is 9.90 Å². The van der Waals surface area contributed by atoms with Gasteiger partial charge in [-0.3, -0.25) is 0 Å². The molecule has 0 heterocycles. The normalized spacial score (nSPS) is 15.1. The van der Waals surface area contributed by atoms with Gasteiger partial charge >= 0.3 is 5.97 Å². The second kappa shape index (κ2) is 5.29. The standard InChI is InChI=1S/C13H19NO3/c1-13(2,3)17-12(16)11(15)10(14)9-7-5-4-6-8-9/h4-8,10-11,15H,14H2,1-3H3/t10-,11?/m0/s1. The Hall–Kier alpha value is -1.39. The number of esters is 1. The lowest BCUT2D eigenvalue weighted by molar-refractivity contribution is -0.166. The number of hydrogen-bond donors (Lipinski definition) is 2. The van der Waals surface area contributed by atoms with Gasteiger partial charge in [0.25, 0.3) is 0 Å². The molecule has 0 saturated carbocycles. The third kappa shape index (κ3) is 4.17. The summed E-state index contributed by atoms with van der Waals surface area (Å²) < 4.78 is 5.07. The topological polar surface area (TPSA) is 72.5 Å². The average molecular weight is 237 g/mol. The fourth-order valence-electron chi connectivity index (χ4n) is 1.37. The molecule has 2 atom stereocenters. The highest BCUT2D eigenvalue weighted by Gasteiger charge is 2.28. The van der Waals surface area contributed by atoms with Crippen molar-refractivity contribution in [1.29, 1.82) is 0 Å². The zero-order valence-corrected chi connectivity index (χ0v) is 10.4. The van der Waals surface area contributed by atoms with Crippen LogP contribution < -0.4 is 5.73 Å². The van der Waals surface area contributed by atoms with E-state index in [0.717, 1.165) is 0 Å². The lowest BCUT2D eigenvalue weighted by Crippen LogP contribution is -2.38. The molecule has 1 aromatic carbocycles. The van der Waals surface area contributed by atoms with E-state index in [1.54, 1.807) is 45.0 Å². The van der Waals surface area contributed by atoms with Crippen LogP contribution >= 0.6 is 0 Å². The van der Waals surface area contributed by atoms with Crippen LogP contribution in [0.1, 0.15) is 32.4 Å². The predicted octanol–water partition coefficient (Wildman–Crippen LogP) is 1.39. The van der Waals surface area contributed by atoms with E-state index in [1.807, 2.05) is 6.07 Å². The van der Waals surface area contributed by atoms with Crippen molar-refractivity contribution in [1.82, 2.24) is 0 Å². The van der Waals surface area contributed by atoms with E-state index in [4.69, 9.17) is 10.5 Å². The fourth-order valence-corrected chi connectivity index (χ4v) is 1.37. The van der Waals surface area contributed by atoms with E-state index in [2.05, 4.69) is 0 Å². The Balaban J connectivity index is 2.70. The molecule has 0 radical (unpaired) electrons. The lowest BCUT2D eigenvalue weighted by atomic mass is 10.0. The lowest BCUT2D eigenvalue weighted by Gasteiger charge is -2.24. The molecule has 1 unspecified atom stereocenters. The third-order valence-electron chi connectivity index (χ3n) is 2.17. The maximum atomic E-state index is 11.6. The SMILES string of the molecule is CC(C)(C)OC(=O)C(O)[C@@H](N)c1ccccc1. The molecule has 1 aromatic rings. The van der Waals surface area contributed by atoms with Gasteiger partial charge < -0.3 is 15.6 Å². The maximum Gasteiger partial charge on any atom is 0.337 e. The van der Waals surface area contributed by atoms with Gasteiger partial charge in [-0.05, 0) is 26.3 Å². The van der Waals surface area contributed by atoms with Crippen LogP contribution in [0.25, 0.3) is 0 Å². The first-order valence-corrected chi connectivity index (χ1v) is 5.53. The molecule has 0 aliphatic heterocycles. The number of aliphatic hydroxyl groups is 1. The number of carbonyl (C=O) groups is 1. The van der Waals surface area contributed by atoms with E-state index in [0.29, 0.717) is 5.56 Å². The van der Waals surface area contributed by atoms with Crippen LogP contribution in [0.4, 0.5) is 0 Å². The molecule has 0 aliphatic rings. The molecule has 0 fully saturated rings. The van der Waals surface area contributed by atoms with Gasteiger partial charge in [0, 0.05) is 0 Å². The zero-order chi connectivity index (χ0) is 13.1. The monoisotopic (exact) mass is 237 g/mol. The predicted molar refractivity (Wildman–Crippen MR) is 65.2 cm³/mol. The van der Waals surface area contributed by atoms with Crippen molar-refractivity contribution in [2.45, 2.75) is 38.5 Å². The minimum Gasteiger partial charge on any atom is -0.458 e. The Morgan fingerprint density at radius 2 is 1.82 bits per heavy atom. The number of carbonyl (C=O) groups excluding carboxylic acids is 1. The summed E-state index contributed by atoms with van der Waals surface area (Å²) in [7, 11) is 0. The first kappa shape index (κ1) is 13.7. The van der Waals surface area contributed by atoms with Crippen molar-refractivity contribution in [3.05, 3.63) is 35.9 Å². The second-order valence-corrected chi connectivity index (χ2v) is 4.91. The molecule has 0 saturated heterocycles. The summed E-state index contributed by atoms with van der Waals surface area (Å²) in [4.78, 5) is 11.6. The van der Waals surface area contributed by atoms with Gasteiger partial charge in [0.2, 0.25) is 0 Å². The van der Waals surface area contributed by atoms with Crippen LogP contribution in [0, 0.1) is 0 Å². The van der Waals surface area contributed by atoms with Crippen LogP contribution in [0.15, 0.2) is 30.3 Å². The summed E-state index contributed by atoms with van der Waals surface area (Å²) in [6, 6.07) is 8.20. The Morgan fingerprint density at radius 1 is 1.29 bits per heavy atom. The summed E-state index contributed by atoms with van der Waals surface area (Å²) in [5.41, 5.74) is 5.88. The van der Waals surface area contributed by atoms with Crippen LogP contribution in [-0.2, 0) is 9.53 Å². The highest BCUT2D eigenvalue weighted by molar-refractivity contribution is 5.76. The molecule has 0 aliphatic carbocycles. The smallest absolute Gasteiger partial charge is 0.337 e. The number of hydrogen-bond acceptors (Lipinski definition) is 4.